The van der Waals surface area contributed by atoms with Crippen LogP contribution in [0.5, 0.6) is 0 Å². The van der Waals surface area contributed by atoms with Crippen molar-refractivity contribution in [3.63, 3.8) is 0 Å². The number of sulfone groups is 1. The van der Waals surface area contributed by atoms with E-state index in [2.05, 4.69) is 5.32 Å². The summed E-state index contributed by atoms with van der Waals surface area (Å²) >= 11 is 0. The van der Waals surface area contributed by atoms with E-state index in [1.807, 2.05) is 19.1 Å². The summed E-state index contributed by atoms with van der Waals surface area (Å²) in [5, 5.41) is 2.75. The van der Waals surface area contributed by atoms with Gasteiger partial charge in [-0.1, -0.05) is 31.2 Å². The number of nitrogens with zero attached hydrogens (tertiary/aromatic N) is 1. The molecule has 29 heavy (non-hydrogen) atoms. The topological polar surface area (TPSA) is 101 Å². The molecule has 7 nitrogen and oxygen atoms in total. The zero-order valence-corrected chi connectivity index (χ0v) is 18.5. The van der Waals surface area contributed by atoms with Gasteiger partial charge < -0.3 is 5.32 Å². The molecule has 0 aliphatic carbocycles. The Morgan fingerprint density at radius 3 is 1.97 bits per heavy atom. The molecule has 0 aromatic heterocycles. The number of carbonyl (C=O) groups excluding carboxylic acids is 1. The van der Waals surface area contributed by atoms with Gasteiger partial charge in [-0.25, -0.2) is 16.8 Å². The van der Waals surface area contributed by atoms with E-state index in [0.29, 0.717) is 11.3 Å². The van der Waals surface area contributed by atoms with Gasteiger partial charge in [-0.2, -0.15) is 0 Å². The van der Waals surface area contributed by atoms with Crippen LogP contribution in [0, 0.1) is 0 Å². The maximum atomic E-state index is 12.5. The highest BCUT2D eigenvalue weighted by Gasteiger charge is 2.22. The van der Waals surface area contributed by atoms with Crippen LogP contribution in [0.25, 0.3) is 0 Å². The first-order valence-electron chi connectivity index (χ1n) is 9.08. The van der Waals surface area contributed by atoms with Crippen LogP contribution in [0.15, 0.2) is 53.4 Å². The van der Waals surface area contributed by atoms with Crippen molar-refractivity contribution >= 4 is 31.5 Å². The zero-order valence-electron chi connectivity index (χ0n) is 16.9. The number of aryl methyl sites for hydroxylation is 1. The fourth-order valence-corrected chi connectivity index (χ4v) is 4.29. The standard InChI is InChI=1S/C20H26N2O5S2/c1-5-16-6-10-18(11-7-16)22(29(4,26)27)14-20(23)21-15(2)17-8-12-19(13-9-17)28(3,24)25/h6-13,15H,5,14H2,1-4H3,(H,21,23)/t15-/m1/s1. The third-order valence-electron chi connectivity index (χ3n) is 4.51. The second-order valence-corrected chi connectivity index (χ2v) is 10.8. The molecule has 1 atom stereocenters. The summed E-state index contributed by atoms with van der Waals surface area (Å²) in [6.07, 6.45) is 3.01. The first-order chi connectivity index (χ1) is 13.4. The summed E-state index contributed by atoms with van der Waals surface area (Å²) in [6.45, 7) is 3.39. The number of nitrogens with one attached hydrogen (secondary N) is 1. The lowest BCUT2D eigenvalue weighted by Crippen LogP contribution is -2.41. The third-order valence-corrected chi connectivity index (χ3v) is 6.77. The van der Waals surface area contributed by atoms with E-state index in [1.54, 1.807) is 31.2 Å². The second-order valence-electron chi connectivity index (χ2n) is 6.92. The second kappa shape index (κ2) is 8.96. The quantitative estimate of drug-likeness (QED) is 0.682. The molecule has 9 heteroatoms. The lowest BCUT2D eigenvalue weighted by atomic mass is 10.1. The Balaban J connectivity index is 2.13. The van der Waals surface area contributed by atoms with E-state index in [0.717, 1.165) is 28.8 Å². The highest BCUT2D eigenvalue weighted by atomic mass is 32.2. The minimum absolute atomic E-state index is 0.193. The van der Waals surface area contributed by atoms with Gasteiger partial charge in [-0.05, 0) is 48.7 Å². The number of sulfonamides is 1. The Kier molecular flexibility index (Phi) is 7.07. The molecule has 0 radical (unpaired) electrons. The number of rotatable bonds is 8. The molecule has 0 heterocycles. The smallest absolute Gasteiger partial charge is 0.241 e. The summed E-state index contributed by atoms with van der Waals surface area (Å²) in [6, 6.07) is 12.8. The Bertz CT molecular complexity index is 1060. The predicted molar refractivity (Wildman–Crippen MR) is 114 cm³/mol. The lowest BCUT2D eigenvalue weighted by molar-refractivity contribution is -0.120. The Morgan fingerprint density at radius 1 is 0.966 bits per heavy atom. The maximum Gasteiger partial charge on any atom is 0.241 e. The van der Waals surface area contributed by atoms with Crippen molar-refractivity contribution in [2.45, 2.75) is 31.2 Å². The van der Waals surface area contributed by atoms with Gasteiger partial charge >= 0.3 is 0 Å². The van der Waals surface area contributed by atoms with Crippen LogP contribution >= 0.6 is 0 Å². The van der Waals surface area contributed by atoms with E-state index in [4.69, 9.17) is 0 Å². The third kappa shape index (κ3) is 6.30. The molecular formula is C20H26N2O5S2. The van der Waals surface area contributed by atoms with Crippen LogP contribution in [0.4, 0.5) is 5.69 Å². The van der Waals surface area contributed by atoms with Gasteiger partial charge in [0.1, 0.15) is 6.54 Å². The first-order valence-corrected chi connectivity index (χ1v) is 12.8. The summed E-state index contributed by atoms with van der Waals surface area (Å²) in [5.41, 5.74) is 2.20. The number of hydrogen-bond acceptors (Lipinski definition) is 5. The molecule has 0 saturated heterocycles. The SMILES string of the molecule is CCc1ccc(N(CC(=O)N[C@H](C)c2ccc(S(C)(=O)=O)cc2)S(C)(=O)=O)cc1. The van der Waals surface area contributed by atoms with Crippen LogP contribution in [-0.2, 0) is 31.1 Å². The van der Waals surface area contributed by atoms with Gasteiger partial charge in [0.05, 0.1) is 22.9 Å². The van der Waals surface area contributed by atoms with E-state index in [-0.39, 0.29) is 11.4 Å². The van der Waals surface area contributed by atoms with Gasteiger partial charge in [0.25, 0.3) is 0 Å². The molecule has 0 aliphatic heterocycles. The number of anilines is 1. The summed E-state index contributed by atoms with van der Waals surface area (Å²) in [5.74, 6) is -0.463. The van der Waals surface area contributed by atoms with Crippen molar-refractivity contribution in [1.29, 1.82) is 0 Å². The van der Waals surface area contributed by atoms with Crippen LogP contribution in [0.2, 0.25) is 0 Å². The minimum atomic E-state index is -3.65. The molecule has 0 unspecified atom stereocenters. The molecule has 0 aliphatic rings. The first kappa shape index (κ1) is 22.9. The van der Waals surface area contributed by atoms with Crippen LogP contribution in [0.3, 0.4) is 0 Å². The number of amides is 1. The normalized spacial score (nSPS) is 13.0. The van der Waals surface area contributed by atoms with Crippen molar-refractivity contribution in [3.8, 4) is 0 Å². The van der Waals surface area contributed by atoms with Crippen LogP contribution < -0.4 is 9.62 Å². The van der Waals surface area contributed by atoms with E-state index in [1.165, 1.54) is 12.1 Å². The average molecular weight is 439 g/mol. The van der Waals surface area contributed by atoms with E-state index in [9.17, 15) is 21.6 Å². The largest absolute Gasteiger partial charge is 0.348 e. The molecule has 1 amide bonds. The number of hydrogen-bond donors (Lipinski definition) is 1. The number of benzene rings is 2. The Morgan fingerprint density at radius 2 is 1.52 bits per heavy atom. The van der Waals surface area contributed by atoms with E-state index < -0.39 is 31.8 Å². The molecule has 158 valence electrons. The van der Waals surface area contributed by atoms with Gasteiger partial charge in [-0.3, -0.25) is 9.10 Å². The fourth-order valence-electron chi connectivity index (χ4n) is 2.80. The van der Waals surface area contributed by atoms with E-state index >= 15 is 0 Å². The Hall–Kier alpha value is -2.39. The van der Waals surface area contributed by atoms with Crippen molar-refractivity contribution in [1.82, 2.24) is 5.32 Å². The highest BCUT2D eigenvalue weighted by molar-refractivity contribution is 7.92. The van der Waals surface area contributed by atoms with Gasteiger partial charge in [-0.15, -0.1) is 0 Å². The Labute approximate surface area is 172 Å². The molecule has 1 N–H and O–H groups in total. The summed E-state index contributed by atoms with van der Waals surface area (Å²) < 4.78 is 48.6. The highest BCUT2D eigenvalue weighted by Crippen LogP contribution is 2.20. The van der Waals surface area contributed by atoms with Crippen molar-refractivity contribution < 1.29 is 21.6 Å². The van der Waals surface area contributed by atoms with Gasteiger partial charge in [0.2, 0.25) is 15.9 Å². The molecule has 0 spiro atoms. The molecule has 0 saturated carbocycles. The maximum absolute atomic E-state index is 12.5. The number of carbonyl (C=O) groups is 1. The van der Waals surface area contributed by atoms with Gasteiger partial charge in [0, 0.05) is 6.26 Å². The predicted octanol–water partition coefficient (Wildman–Crippen LogP) is 2.30. The summed E-state index contributed by atoms with van der Waals surface area (Å²) in [7, 11) is -6.95. The molecule has 2 rings (SSSR count). The summed E-state index contributed by atoms with van der Waals surface area (Å²) in [4.78, 5) is 12.7. The van der Waals surface area contributed by atoms with Crippen LogP contribution in [-0.4, -0.2) is 41.8 Å². The molecule has 2 aromatic carbocycles. The van der Waals surface area contributed by atoms with Crippen molar-refractivity contribution in [2.75, 3.05) is 23.4 Å². The van der Waals surface area contributed by atoms with Gasteiger partial charge in [0.15, 0.2) is 9.84 Å². The molecule has 0 fully saturated rings. The molecular weight excluding hydrogens is 412 g/mol. The zero-order chi connectivity index (χ0) is 21.8. The average Bonchev–Trinajstić information content (AvgIpc) is 2.64. The van der Waals surface area contributed by atoms with Crippen molar-refractivity contribution in [2.24, 2.45) is 0 Å². The lowest BCUT2D eigenvalue weighted by Gasteiger charge is -2.23. The van der Waals surface area contributed by atoms with Crippen LogP contribution in [0.1, 0.15) is 31.0 Å². The minimum Gasteiger partial charge on any atom is -0.348 e. The van der Waals surface area contributed by atoms with Crippen molar-refractivity contribution in [3.05, 3.63) is 59.7 Å². The fraction of sp³-hybridized carbons (Fsp3) is 0.350. The molecule has 0 bridgehead atoms. The molecule has 2 aromatic rings. The monoisotopic (exact) mass is 438 g/mol.